The number of carbonyl (C=O) groups is 1. The summed E-state index contributed by atoms with van der Waals surface area (Å²) in [6.45, 7) is 1.35. The second kappa shape index (κ2) is 6.88. The van der Waals surface area contributed by atoms with Crippen molar-refractivity contribution in [2.24, 2.45) is 23.7 Å². The quantitative estimate of drug-likeness (QED) is 0.874. The highest BCUT2D eigenvalue weighted by Crippen LogP contribution is 2.53. The Hall–Kier alpha value is -1.55. The van der Waals surface area contributed by atoms with E-state index in [0.717, 1.165) is 31.3 Å². The molecule has 1 saturated heterocycles. The van der Waals surface area contributed by atoms with Crippen LogP contribution in [0.2, 0.25) is 0 Å². The summed E-state index contributed by atoms with van der Waals surface area (Å²) >= 11 is 0. The normalized spacial score (nSPS) is 37.7. The molecule has 5 aliphatic rings. The van der Waals surface area contributed by atoms with Crippen LogP contribution < -0.4 is 10.1 Å². The number of carbonyl (C=O) groups excluding carboxylic acids is 1. The molecule has 0 aromatic heterocycles. The first-order valence-corrected chi connectivity index (χ1v) is 10.4. The Morgan fingerprint density at radius 2 is 1.81 bits per heavy atom. The summed E-state index contributed by atoms with van der Waals surface area (Å²) in [7, 11) is 0. The van der Waals surface area contributed by atoms with Crippen molar-refractivity contribution < 1.29 is 14.3 Å². The van der Waals surface area contributed by atoms with E-state index >= 15 is 0 Å². The highest BCUT2D eigenvalue weighted by atomic mass is 16.5. The number of ether oxygens (including phenoxy) is 2. The molecule has 0 spiro atoms. The first-order valence-electron chi connectivity index (χ1n) is 10.4. The Kier molecular flexibility index (Phi) is 4.39. The number of amides is 1. The maximum atomic E-state index is 13.0. The van der Waals surface area contributed by atoms with Crippen molar-refractivity contribution in [3.8, 4) is 5.75 Å². The molecular weight excluding hydrogens is 326 g/mol. The highest BCUT2D eigenvalue weighted by molar-refractivity contribution is 5.97. The first-order chi connectivity index (χ1) is 12.8. The molecule has 6 rings (SSSR count). The molecule has 26 heavy (non-hydrogen) atoms. The SMILES string of the molecule is O=C(NC1C2CC3CC(C2)CC1C3)c1ccccc1OCC1CCCO1. The second-order valence-electron chi connectivity index (χ2n) is 8.87. The van der Waals surface area contributed by atoms with Crippen LogP contribution in [0.4, 0.5) is 0 Å². The molecule has 1 N–H and O–H groups in total. The summed E-state index contributed by atoms with van der Waals surface area (Å²) in [6.07, 6.45) is 9.00. The van der Waals surface area contributed by atoms with Gasteiger partial charge in [-0.3, -0.25) is 4.79 Å². The molecule has 1 unspecified atom stereocenters. The van der Waals surface area contributed by atoms with Crippen LogP contribution in [-0.4, -0.2) is 31.3 Å². The molecule has 4 aliphatic carbocycles. The summed E-state index contributed by atoms with van der Waals surface area (Å²) in [6, 6.07) is 8.01. The van der Waals surface area contributed by atoms with Gasteiger partial charge in [-0.15, -0.1) is 0 Å². The van der Waals surface area contributed by atoms with Crippen LogP contribution in [0, 0.1) is 23.7 Å². The Labute approximate surface area is 155 Å². The minimum atomic E-state index is 0.0328. The lowest BCUT2D eigenvalue weighted by molar-refractivity contribution is -0.0120. The zero-order valence-electron chi connectivity index (χ0n) is 15.4. The summed E-state index contributed by atoms with van der Waals surface area (Å²) in [5.74, 6) is 3.94. The Morgan fingerprint density at radius 1 is 1.08 bits per heavy atom. The Balaban J connectivity index is 1.27. The van der Waals surface area contributed by atoms with Crippen LogP contribution in [0.3, 0.4) is 0 Å². The fourth-order valence-corrected chi connectivity index (χ4v) is 6.13. The zero-order chi connectivity index (χ0) is 17.5. The van der Waals surface area contributed by atoms with Gasteiger partial charge in [0.05, 0.1) is 11.7 Å². The summed E-state index contributed by atoms with van der Waals surface area (Å²) in [5, 5.41) is 3.40. The second-order valence-corrected chi connectivity index (χ2v) is 8.87. The van der Waals surface area contributed by atoms with E-state index in [4.69, 9.17) is 9.47 Å². The molecule has 4 heteroatoms. The predicted octanol–water partition coefficient (Wildman–Crippen LogP) is 3.80. The predicted molar refractivity (Wildman–Crippen MR) is 99.2 cm³/mol. The van der Waals surface area contributed by atoms with Crippen LogP contribution in [0.1, 0.15) is 55.3 Å². The third-order valence-corrected chi connectivity index (χ3v) is 7.10. The number of benzene rings is 1. The third-order valence-electron chi connectivity index (χ3n) is 7.10. The van der Waals surface area contributed by atoms with E-state index < -0.39 is 0 Å². The van der Waals surface area contributed by atoms with Crippen LogP contribution in [0.25, 0.3) is 0 Å². The summed E-state index contributed by atoms with van der Waals surface area (Å²) < 4.78 is 11.6. The number of para-hydroxylation sites is 1. The first kappa shape index (κ1) is 16.6. The van der Waals surface area contributed by atoms with Crippen molar-refractivity contribution in [2.45, 2.75) is 57.1 Å². The van der Waals surface area contributed by atoms with Gasteiger partial charge in [0.2, 0.25) is 0 Å². The van der Waals surface area contributed by atoms with Gasteiger partial charge in [-0.05, 0) is 80.8 Å². The van der Waals surface area contributed by atoms with Crippen molar-refractivity contribution in [1.82, 2.24) is 5.32 Å². The standard InChI is InChI=1S/C22H29NO3/c24-22(23-21-16-9-14-8-15(11-16)12-17(21)10-14)19-5-1-2-6-20(19)26-13-18-4-3-7-25-18/h1-2,5-6,14-18,21H,3-4,7-13H2,(H,23,24). The number of hydrogen-bond donors (Lipinski definition) is 1. The fraction of sp³-hybridized carbons (Fsp3) is 0.682. The summed E-state index contributed by atoms with van der Waals surface area (Å²) in [4.78, 5) is 13.0. The van der Waals surface area contributed by atoms with Crippen LogP contribution in [0.5, 0.6) is 5.75 Å². The molecule has 140 valence electrons. The molecule has 1 aliphatic heterocycles. The molecule has 5 fully saturated rings. The van der Waals surface area contributed by atoms with Gasteiger partial charge in [0.15, 0.2) is 0 Å². The van der Waals surface area contributed by atoms with Gasteiger partial charge in [-0.25, -0.2) is 0 Å². The van der Waals surface area contributed by atoms with Gasteiger partial charge in [-0.2, -0.15) is 0 Å². The molecule has 0 radical (unpaired) electrons. The number of hydrogen-bond acceptors (Lipinski definition) is 3. The van der Waals surface area contributed by atoms with Gasteiger partial charge >= 0.3 is 0 Å². The molecule has 1 heterocycles. The van der Waals surface area contributed by atoms with Gasteiger partial charge < -0.3 is 14.8 Å². The highest BCUT2D eigenvalue weighted by Gasteiger charge is 2.48. The van der Waals surface area contributed by atoms with E-state index in [1.54, 1.807) is 0 Å². The number of nitrogens with one attached hydrogen (secondary N) is 1. The molecule has 1 atom stereocenters. The van der Waals surface area contributed by atoms with E-state index in [-0.39, 0.29) is 12.0 Å². The van der Waals surface area contributed by atoms with Crippen LogP contribution in [0.15, 0.2) is 24.3 Å². The van der Waals surface area contributed by atoms with Crippen molar-refractivity contribution >= 4 is 5.91 Å². The molecule has 1 amide bonds. The molecule has 4 saturated carbocycles. The lowest BCUT2D eigenvalue weighted by Crippen LogP contribution is -2.55. The molecule has 1 aromatic rings. The average Bonchev–Trinajstić information content (AvgIpc) is 3.16. The summed E-state index contributed by atoms with van der Waals surface area (Å²) in [5.41, 5.74) is 0.666. The van der Waals surface area contributed by atoms with Gasteiger partial charge in [0, 0.05) is 12.6 Å². The van der Waals surface area contributed by atoms with E-state index in [1.807, 2.05) is 24.3 Å². The van der Waals surface area contributed by atoms with Crippen molar-refractivity contribution in [2.75, 3.05) is 13.2 Å². The molecule has 4 bridgehead atoms. The van der Waals surface area contributed by atoms with Gasteiger partial charge in [0.1, 0.15) is 12.4 Å². The van der Waals surface area contributed by atoms with E-state index in [2.05, 4.69) is 5.32 Å². The van der Waals surface area contributed by atoms with E-state index in [0.29, 0.717) is 35.8 Å². The van der Waals surface area contributed by atoms with Crippen molar-refractivity contribution in [1.29, 1.82) is 0 Å². The Morgan fingerprint density at radius 3 is 2.50 bits per heavy atom. The van der Waals surface area contributed by atoms with Crippen molar-refractivity contribution in [3.05, 3.63) is 29.8 Å². The van der Waals surface area contributed by atoms with Crippen molar-refractivity contribution in [3.63, 3.8) is 0 Å². The number of rotatable bonds is 5. The maximum Gasteiger partial charge on any atom is 0.255 e. The Bertz CT molecular complexity index is 639. The van der Waals surface area contributed by atoms with E-state index in [9.17, 15) is 4.79 Å². The molecular formula is C22H29NO3. The molecule has 1 aromatic carbocycles. The van der Waals surface area contributed by atoms with Crippen LogP contribution in [-0.2, 0) is 4.74 Å². The third kappa shape index (κ3) is 3.13. The fourth-order valence-electron chi connectivity index (χ4n) is 6.13. The van der Waals surface area contributed by atoms with E-state index in [1.165, 1.54) is 32.1 Å². The largest absolute Gasteiger partial charge is 0.490 e. The topological polar surface area (TPSA) is 47.6 Å². The molecule has 4 nitrogen and oxygen atoms in total. The zero-order valence-corrected chi connectivity index (χ0v) is 15.4. The van der Waals surface area contributed by atoms with Gasteiger partial charge in [-0.1, -0.05) is 12.1 Å². The minimum Gasteiger partial charge on any atom is -0.490 e. The monoisotopic (exact) mass is 355 g/mol. The lowest BCUT2D eigenvalue weighted by Gasteiger charge is -2.54. The average molecular weight is 355 g/mol. The smallest absolute Gasteiger partial charge is 0.255 e. The minimum absolute atomic E-state index is 0.0328. The maximum absolute atomic E-state index is 13.0. The lowest BCUT2D eigenvalue weighted by atomic mass is 9.54. The van der Waals surface area contributed by atoms with Gasteiger partial charge in [0.25, 0.3) is 5.91 Å². The van der Waals surface area contributed by atoms with Crippen LogP contribution >= 0.6 is 0 Å².